The van der Waals surface area contributed by atoms with Gasteiger partial charge in [-0.25, -0.2) is 9.59 Å². The van der Waals surface area contributed by atoms with Crippen LogP contribution in [0.5, 0.6) is 11.5 Å². The molecule has 5 atom stereocenters. The summed E-state index contributed by atoms with van der Waals surface area (Å²) in [6.07, 6.45) is 2.91. The molecule has 2 heterocycles. The number of hydrogen-bond acceptors (Lipinski definition) is 6. The maximum Gasteiger partial charge on any atom is 0.343 e. The van der Waals surface area contributed by atoms with E-state index >= 15 is 0 Å². The highest BCUT2D eigenvalue weighted by Gasteiger charge is 2.66. The number of rotatable bonds is 4. The number of hydrogen-bond donors (Lipinski definition) is 0. The zero-order valence-corrected chi connectivity index (χ0v) is 20.8. The lowest BCUT2D eigenvalue weighted by Gasteiger charge is -2.58. The van der Waals surface area contributed by atoms with Crippen molar-refractivity contribution >= 4 is 11.9 Å². The molecule has 2 aliphatic heterocycles. The van der Waals surface area contributed by atoms with Gasteiger partial charge in [-0.15, -0.1) is 0 Å². The second-order valence-corrected chi connectivity index (χ2v) is 10.8. The van der Waals surface area contributed by atoms with Gasteiger partial charge in [-0.1, -0.05) is 42.5 Å². The number of esters is 2. The van der Waals surface area contributed by atoms with Crippen LogP contribution in [0.1, 0.15) is 51.1 Å². The van der Waals surface area contributed by atoms with Gasteiger partial charge in [0.05, 0.1) is 11.1 Å². The fourth-order valence-corrected chi connectivity index (χ4v) is 7.39. The quantitative estimate of drug-likeness (QED) is 0.383. The first kappa shape index (κ1) is 22.5. The molecule has 3 aromatic carbocycles. The first-order valence-corrected chi connectivity index (χ1v) is 13.1. The molecule has 0 radical (unpaired) electrons. The van der Waals surface area contributed by atoms with E-state index in [0.29, 0.717) is 34.6 Å². The van der Waals surface area contributed by atoms with Crippen LogP contribution in [0.25, 0.3) is 0 Å². The monoisotopic (exact) mass is 495 g/mol. The summed E-state index contributed by atoms with van der Waals surface area (Å²) in [6.45, 7) is 0.952. The topological polar surface area (TPSA) is 65.1 Å². The molecule has 0 amide bonds. The van der Waals surface area contributed by atoms with Crippen molar-refractivity contribution in [3.63, 3.8) is 0 Å². The molecule has 0 N–H and O–H groups in total. The van der Waals surface area contributed by atoms with Gasteiger partial charge in [0, 0.05) is 17.0 Å². The highest BCUT2D eigenvalue weighted by molar-refractivity contribution is 5.91. The average Bonchev–Trinajstić information content (AvgIpc) is 3.29. The lowest BCUT2D eigenvalue weighted by atomic mass is 9.51. The van der Waals surface area contributed by atoms with Crippen LogP contribution in [0.2, 0.25) is 0 Å². The summed E-state index contributed by atoms with van der Waals surface area (Å²) in [5.74, 6) is 0.768. The van der Waals surface area contributed by atoms with Gasteiger partial charge in [0.25, 0.3) is 0 Å². The van der Waals surface area contributed by atoms with Crippen molar-refractivity contribution in [1.82, 2.24) is 4.90 Å². The third-order valence-corrected chi connectivity index (χ3v) is 9.01. The van der Waals surface area contributed by atoms with Crippen LogP contribution < -0.4 is 9.47 Å². The zero-order chi connectivity index (χ0) is 25.1. The summed E-state index contributed by atoms with van der Waals surface area (Å²) < 4.78 is 18.8. The molecule has 1 saturated heterocycles. The van der Waals surface area contributed by atoms with Gasteiger partial charge in [-0.2, -0.15) is 0 Å². The molecule has 1 spiro atoms. The second-order valence-electron chi connectivity index (χ2n) is 10.8. The van der Waals surface area contributed by atoms with E-state index in [0.717, 1.165) is 32.2 Å². The average molecular weight is 496 g/mol. The van der Waals surface area contributed by atoms with Crippen molar-refractivity contribution in [2.24, 2.45) is 5.92 Å². The summed E-state index contributed by atoms with van der Waals surface area (Å²) in [5.41, 5.74) is 3.20. The van der Waals surface area contributed by atoms with Gasteiger partial charge >= 0.3 is 11.9 Å². The van der Waals surface area contributed by atoms with Crippen molar-refractivity contribution in [2.75, 3.05) is 13.6 Å². The predicted molar refractivity (Wildman–Crippen MR) is 137 cm³/mol. The van der Waals surface area contributed by atoms with Gasteiger partial charge in [-0.05, 0) is 81.1 Å². The second kappa shape index (κ2) is 8.45. The summed E-state index contributed by atoms with van der Waals surface area (Å²) in [6, 6.07) is 22.5. The Morgan fingerprint density at radius 1 is 0.919 bits per heavy atom. The van der Waals surface area contributed by atoms with Crippen molar-refractivity contribution in [2.45, 2.75) is 49.3 Å². The minimum atomic E-state index is -0.409. The normalized spacial score (nSPS) is 29.1. The Morgan fingerprint density at radius 3 is 2.35 bits per heavy atom. The van der Waals surface area contributed by atoms with Crippen molar-refractivity contribution in [3.05, 3.63) is 95.1 Å². The van der Waals surface area contributed by atoms with E-state index in [1.165, 1.54) is 11.1 Å². The number of nitrogens with zero attached hydrogens (tertiary/aromatic N) is 1. The lowest BCUT2D eigenvalue weighted by molar-refractivity contribution is -0.105. The molecule has 37 heavy (non-hydrogen) atoms. The van der Waals surface area contributed by atoms with Gasteiger partial charge in [0.2, 0.25) is 0 Å². The van der Waals surface area contributed by atoms with Crippen LogP contribution in [-0.2, 0) is 16.6 Å². The number of carbonyl (C=O) groups is 2. The number of likely N-dealkylation sites (N-methyl/N-ethyl adjacent to an activating group) is 1. The van der Waals surface area contributed by atoms with Crippen LogP contribution in [0.15, 0.2) is 72.8 Å². The highest BCUT2D eigenvalue weighted by Crippen LogP contribution is 2.64. The zero-order valence-electron chi connectivity index (χ0n) is 20.8. The third-order valence-electron chi connectivity index (χ3n) is 9.01. The molecule has 1 saturated carbocycles. The molecular formula is C31H29NO5. The maximum atomic E-state index is 13.1. The van der Waals surface area contributed by atoms with Gasteiger partial charge in [0.1, 0.15) is 12.2 Å². The number of ether oxygens (including phenoxy) is 3. The molecule has 7 rings (SSSR count). The molecule has 2 fully saturated rings. The largest absolute Gasteiger partial charge is 0.481 e. The highest BCUT2D eigenvalue weighted by atomic mass is 16.6. The Labute approximate surface area is 216 Å². The molecular weight excluding hydrogens is 466 g/mol. The molecule has 2 bridgehead atoms. The van der Waals surface area contributed by atoms with Crippen LogP contribution in [-0.4, -0.2) is 48.7 Å². The SMILES string of the molecule is CN1CC[C@]23c4c5ccc(OC(=O)c6ccccc6)c4O[C@H]2[C@@H](OC(=O)c2ccccc2)CC[C@H]3[C@H]1C5. The van der Waals surface area contributed by atoms with Gasteiger partial charge < -0.3 is 19.1 Å². The molecule has 6 heteroatoms. The first-order chi connectivity index (χ1) is 18.1. The molecule has 0 unspecified atom stereocenters. The van der Waals surface area contributed by atoms with Crippen molar-refractivity contribution in [1.29, 1.82) is 0 Å². The summed E-state index contributed by atoms with van der Waals surface area (Å²) >= 11 is 0. The van der Waals surface area contributed by atoms with Gasteiger partial charge in [-0.3, -0.25) is 0 Å². The molecule has 2 aliphatic carbocycles. The molecule has 6 nitrogen and oxygen atoms in total. The Bertz CT molecular complexity index is 1370. The van der Waals surface area contributed by atoms with E-state index in [1.807, 2.05) is 42.5 Å². The minimum absolute atomic E-state index is 0.255. The fourth-order valence-electron chi connectivity index (χ4n) is 7.39. The van der Waals surface area contributed by atoms with E-state index in [1.54, 1.807) is 24.3 Å². The Kier molecular flexibility index (Phi) is 5.15. The first-order valence-electron chi connectivity index (χ1n) is 13.1. The Balaban J connectivity index is 1.28. The molecule has 3 aromatic rings. The van der Waals surface area contributed by atoms with Crippen LogP contribution in [0.4, 0.5) is 0 Å². The van der Waals surface area contributed by atoms with E-state index < -0.39 is 5.97 Å². The Morgan fingerprint density at radius 2 is 1.62 bits per heavy atom. The van der Waals surface area contributed by atoms with Crippen LogP contribution in [0, 0.1) is 5.92 Å². The number of carbonyl (C=O) groups excluding carboxylic acids is 2. The summed E-state index contributed by atoms with van der Waals surface area (Å²) in [4.78, 5) is 28.5. The summed E-state index contributed by atoms with van der Waals surface area (Å²) in [5, 5.41) is 0. The van der Waals surface area contributed by atoms with E-state index in [-0.39, 0.29) is 23.6 Å². The minimum Gasteiger partial charge on any atom is -0.481 e. The summed E-state index contributed by atoms with van der Waals surface area (Å²) in [7, 11) is 2.21. The standard InChI is InChI=1S/C31H29NO5/c1-32-17-16-31-22-13-15-25(36-30(34)20-10-6-3-7-11-20)28(31)37-27-24(14-12-21(26(27)31)18-23(22)32)35-29(33)19-8-4-2-5-9-19/h2-12,14,22-23,25,28H,13,15-18H2,1H3/t22-,23+,25-,28-,31-/m0/s1. The lowest BCUT2D eigenvalue weighted by Crippen LogP contribution is -2.66. The van der Waals surface area contributed by atoms with Crippen molar-refractivity contribution in [3.8, 4) is 11.5 Å². The molecule has 0 aromatic heterocycles. The van der Waals surface area contributed by atoms with E-state index in [2.05, 4.69) is 18.0 Å². The van der Waals surface area contributed by atoms with E-state index in [9.17, 15) is 9.59 Å². The number of benzene rings is 3. The van der Waals surface area contributed by atoms with Gasteiger partial charge in [0.15, 0.2) is 11.5 Å². The molecule has 4 aliphatic rings. The fraction of sp³-hybridized carbons (Fsp3) is 0.355. The molecule has 188 valence electrons. The van der Waals surface area contributed by atoms with Crippen LogP contribution >= 0.6 is 0 Å². The van der Waals surface area contributed by atoms with Crippen LogP contribution in [0.3, 0.4) is 0 Å². The predicted octanol–water partition coefficient (Wildman–Crippen LogP) is 4.80. The smallest absolute Gasteiger partial charge is 0.343 e. The number of piperidine rings is 1. The Hall–Kier alpha value is -3.64. The van der Waals surface area contributed by atoms with Crippen molar-refractivity contribution < 1.29 is 23.8 Å². The number of likely N-dealkylation sites (tertiary alicyclic amines) is 1. The maximum absolute atomic E-state index is 13.1. The van der Waals surface area contributed by atoms with E-state index in [4.69, 9.17) is 14.2 Å². The third kappa shape index (κ3) is 3.35.